The van der Waals surface area contributed by atoms with Crippen molar-refractivity contribution in [2.75, 3.05) is 10.2 Å². The summed E-state index contributed by atoms with van der Waals surface area (Å²) in [5.41, 5.74) is 2.64. The number of nitrogens with zero attached hydrogens (tertiary/aromatic N) is 1. The Morgan fingerprint density at radius 2 is 1.87 bits per heavy atom. The van der Waals surface area contributed by atoms with E-state index in [-0.39, 0.29) is 23.9 Å². The first-order valence-corrected chi connectivity index (χ1v) is 7.42. The fourth-order valence-corrected chi connectivity index (χ4v) is 2.72. The summed E-state index contributed by atoms with van der Waals surface area (Å²) in [5, 5.41) is 2.84. The van der Waals surface area contributed by atoms with Gasteiger partial charge in [-0.1, -0.05) is 24.3 Å². The van der Waals surface area contributed by atoms with Crippen LogP contribution in [0.4, 0.5) is 15.8 Å². The number of aryl methyl sites for hydroxylation is 2. The molecule has 0 bridgehead atoms. The highest BCUT2D eigenvalue weighted by molar-refractivity contribution is 6.23. The molecule has 0 spiro atoms. The van der Waals surface area contributed by atoms with Crippen LogP contribution in [0.2, 0.25) is 0 Å². The summed E-state index contributed by atoms with van der Waals surface area (Å²) in [5.74, 6) is -1.08. The zero-order chi connectivity index (χ0) is 16.6. The maximum absolute atomic E-state index is 13.7. The Hall–Kier alpha value is -2.69. The van der Waals surface area contributed by atoms with Gasteiger partial charge >= 0.3 is 0 Å². The number of carbonyl (C=O) groups excluding carboxylic acids is 2. The second-order valence-electron chi connectivity index (χ2n) is 5.74. The van der Waals surface area contributed by atoms with Crippen molar-refractivity contribution < 1.29 is 14.0 Å². The number of halogens is 1. The molecule has 1 saturated heterocycles. The van der Waals surface area contributed by atoms with Crippen LogP contribution in [0, 0.1) is 19.7 Å². The molecule has 1 fully saturated rings. The van der Waals surface area contributed by atoms with Crippen LogP contribution in [0.25, 0.3) is 0 Å². The van der Waals surface area contributed by atoms with Crippen molar-refractivity contribution in [3.8, 4) is 0 Å². The van der Waals surface area contributed by atoms with Crippen LogP contribution >= 0.6 is 0 Å². The molecule has 0 aromatic heterocycles. The van der Waals surface area contributed by atoms with Crippen molar-refractivity contribution in [3.63, 3.8) is 0 Å². The predicted molar refractivity (Wildman–Crippen MR) is 86.8 cm³/mol. The maximum atomic E-state index is 13.7. The van der Waals surface area contributed by atoms with Gasteiger partial charge in [-0.25, -0.2) is 9.29 Å². The van der Waals surface area contributed by atoms with E-state index in [0.29, 0.717) is 5.69 Å². The topological polar surface area (TPSA) is 49.4 Å². The lowest BCUT2D eigenvalue weighted by Crippen LogP contribution is -2.35. The Bertz CT molecular complexity index is 788. The maximum Gasteiger partial charge on any atom is 0.256 e. The van der Waals surface area contributed by atoms with Crippen molar-refractivity contribution in [3.05, 3.63) is 59.4 Å². The fraction of sp³-hybridized carbons (Fsp3) is 0.222. The number of nitrogens with one attached hydrogen (secondary N) is 1. The van der Waals surface area contributed by atoms with Gasteiger partial charge in [-0.15, -0.1) is 0 Å². The molecule has 1 N–H and O–H groups in total. The Morgan fingerprint density at radius 1 is 1.13 bits per heavy atom. The van der Waals surface area contributed by atoms with Crippen LogP contribution in [0.3, 0.4) is 0 Å². The minimum absolute atomic E-state index is 0.0144. The first kappa shape index (κ1) is 15.2. The summed E-state index contributed by atoms with van der Waals surface area (Å²) >= 11 is 0. The Balaban J connectivity index is 1.88. The molecule has 2 aromatic carbocycles. The van der Waals surface area contributed by atoms with Crippen LogP contribution in [0.15, 0.2) is 42.5 Å². The Morgan fingerprint density at radius 3 is 2.61 bits per heavy atom. The van der Waals surface area contributed by atoms with E-state index < -0.39 is 11.9 Å². The normalized spacial score (nSPS) is 17.7. The smallest absolute Gasteiger partial charge is 0.256 e. The molecule has 1 heterocycles. The monoisotopic (exact) mass is 312 g/mol. The summed E-state index contributed by atoms with van der Waals surface area (Å²) < 4.78 is 13.7. The molecule has 0 aliphatic carbocycles. The predicted octanol–water partition coefficient (Wildman–Crippen LogP) is 3.19. The van der Waals surface area contributed by atoms with Crippen LogP contribution in [0.5, 0.6) is 0 Å². The van der Waals surface area contributed by atoms with Gasteiger partial charge in [-0.2, -0.15) is 0 Å². The summed E-state index contributed by atoms with van der Waals surface area (Å²) in [4.78, 5) is 26.1. The minimum atomic E-state index is -0.751. The molecule has 2 aromatic rings. The third-order valence-corrected chi connectivity index (χ3v) is 3.96. The van der Waals surface area contributed by atoms with Crippen molar-refractivity contribution >= 4 is 23.2 Å². The molecule has 4 nitrogen and oxygen atoms in total. The summed E-state index contributed by atoms with van der Waals surface area (Å²) in [6, 6.07) is 11.0. The number of amides is 2. The summed E-state index contributed by atoms with van der Waals surface area (Å²) in [6.45, 7) is 3.76. The van der Waals surface area contributed by atoms with Gasteiger partial charge in [0.1, 0.15) is 11.9 Å². The van der Waals surface area contributed by atoms with Gasteiger partial charge in [0.2, 0.25) is 5.91 Å². The number of anilines is 2. The van der Waals surface area contributed by atoms with E-state index in [1.807, 2.05) is 32.0 Å². The minimum Gasteiger partial charge on any atom is -0.371 e. The number of imide groups is 1. The van der Waals surface area contributed by atoms with Gasteiger partial charge in [-0.3, -0.25) is 9.59 Å². The average molecular weight is 312 g/mol. The van der Waals surface area contributed by atoms with Crippen molar-refractivity contribution in [1.29, 1.82) is 0 Å². The largest absolute Gasteiger partial charge is 0.371 e. The second-order valence-corrected chi connectivity index (χ2v) is 5.74. The zero-order valence-electron chi connectivity index (χ0n) is 13.0. The van der Waals surface area contributed by atoms with Crippen LogP contribution < -0.4 is 10.2 Å². The fourth-order valence-electron chi connectivity index (χ4n) is 2.72. The molecular weight excluding hydrogens is 295 g/mol. The average Bonchev–Trinajstić information content (AvgIpc) is 2.79. The van der Waals surface area contributed by atoms with Gasteiger partial charge in [0.25, 0.3) is 5.91 Å². The van der Waals surface area contributed by atoms with Crippen molar-refractivity contribution in [1.82, 2.24) is 0 Å². The molecule has 0 radical (unpaired) electrons. The zero-order valence-corrected chi connectivity index (χ0v) is 13.0. The van der Waals surface area contributed by atoms with Gasteiger partial charge in [-0.05, 0) is 43.2 Å². The van der Waals surface area contributed by atoms with E-state index in [1.54, 1.807) is 18.2 Å². The van der Waals surface area contributed by atoms with Crippen LogP contribution in [-0.2, 0) is 9.59 Å². The molecule has 3 rings (SSSR count). The number of hydrogen-bond acceptors (Lipinski definition) is 3. The Kier molecular flexibility index (Phi) is 3.86. The lowest BCUT2D eigenvalue weighted by atomic mass is 10.1. The third kappa shape index (κ3) is 2.82. The first-order valence-electron chi connectivity index (χ1n) is 7.42. The van der Waals surface area contributed by atoms with Crippen LogP contribution in [-0.4, -0.2) is 17.9 Å². The number of benzene rings is 2. The third-order valence-electron chi connectivity index (χ3n) is 3.96. The molecular formula is C18H17FN2O2. The van der Waals surface area contributed by atoms with Gasteiger partial charge in [0.05, 0.1) is 17.8 Å². The molecule has 23 heavy (non-hydrogen) atoms. The SMILES string of the molecule is Cc1ccc(C)c(N2C(=O)CC(Nc3ccccc3F)C2=O)c1. The molecule has 2 amide bonds. The van der Waals surface area contributed by atoms with Gasteiger partial charge < -0.3 is 5.32 Å². The van der Waals surface area contributed by atoms with E-state index in [9.17, 15) is 14.0 Å². The van der Waals surface area contributed by atoms with E-state index in [1.165, 1.54) is 11.0 Å². The van der Waals surface area contributed by atoms with Gasteiger partial charge in [0, 0.05) is 0 Å². The molecule has 1 atom stereocenters. The highest BCUT2D eigenvalue weighted by Gasteiger charge is 2.40. The van der Waals surface area contributed by atoms with Gasteiger partial charge in [0.15, 0.2) is 0 Å². The number of carbonyl (C=O) groups is 2. The molecule has 1 unspecified atom stereocenters. The molecule has 5 heteroatoms. The van der Waals surface area contributed by atoms with E-state index in [2.05, 4.69) is 5.32 Å². The highest BCUT2D eigenvalue weighted by Crippen LogP contribution is 2.29. The van der Waals surface area contributed by atoms with E-state index in [4.69, 9.17) is 0 Å². The molecule has 1 aliphatic heterocycles. The quantitative estimate of drug-likeness (QED) is 0.886. The lowest BCUT2D eigenvalue weighted by Gasteiger charge is -2.18. The van der Waals surface area contributed by atoms with E-state index in [0.717, 1.165) is 11.1 Å². The summed E-state index contributed by atoms with van der Waals surface area (Å²) in [6.07, 6.45) is 0.0144. The lowest BCUT2D eigenvalue weighted by molar-refractivity contribution is -0.121. The first-order chi connectivity index (χ1) is 11.0. The van der Waals surface area contributed by atoms with Crippen molar-refractivity contribution in [2.45, 2.75) is 26.3 Å². The number of hydrogen-bond donors (Lipinski definition) is 1. The van der Waals surface area contributed by atoms with Crippen molar-refractivity contribution in [2.24, 2.45) is 0 Å². The van der Waals surface area contributed by atoms with Crippen LogP contribution in [0.1, 0.15) is 17.5 Å². The standard InChI is InChI=1S/C18H17FN2O2/c1-11-7-8-12(2)16(9-11)21-17(22)10-15(18(21)23)20-14-6-4-3-5-13(14)19/h3-9,15,20H,10H2,1-2H3. The summed E-state index contributed by atoms with van der Waals surface area (Å²) in [7, 11) is 0. The molecule has 118 valence electrons. The highest BCUT2D eigenvalue weighted by atomic mass is 19.1. The number of rotatable bonds is 3. The Labute approximate surface area is 133 Å². The van der Waals surface area contributed by atoms with E-state index >= 15 is 0 Å². The number of para-hydroxylation sites is 1. The molecule has 1 aliphatic rings. The second kappa shape index (κ2) is 5.83. The molecule has 0 saturated carbocycles.